The Labute approximate surface area is 109 Å². The third-order valence-electron chi connectivity index (χ3n) is 2.16. The maximum absolute atomic E-state index is 11.7. The minimum Gasteiger partial charge on any atom is -0.293 e. The van der Waals surface area contributed by atoms with Gasteiger partial charge >= 0.3 is 0 Å². The number of halogens is 1. The first kappa shape index (κ1) is 12.0. The topological polar surface area (TPSA) is 29.4 Å². The number of Topliss-reactive ketones (excluding diaryl/α,β-unsaturated/α-hetero) is 1. The van der Waals surface area contributed by atoms with Crippen molar-refractivity contribution in [1.29, 1.82) is 0 Å². The largest absolute Gasteiger partial charge is 0.293 e. The minimum absolute atomic E-state index is 0.0794. The van der Waals surface area contributed by atoms with Crippen LogP contribution in [0.25, 0.3) is 0 Å². The van der Waals surface area contributed by atoms with E-state index in [2.05, 4.69) is 4.99 Å². The Morgan fingerprint density at radius 3 is 2.82 bits per heavy atom. The molecule has 0 unspecified atom stereocenters. The molecule has 1 aromatic heterocycles. The highest BCUT2D eigenvalue weighted by molar-refractivity contribution is 7.12. The molecule has 0 bridgehead atoms. The highest BCUT2D eigenvalue weighted by atomic mass is 35.5. The molecule has 0 N–H and O–H groups in total. The Morgan fingerprint density at radius 2 is 2.12 bits per heavy atom. The average molecular weight is 264 g/mol. The van der Waals surface area contributed by atoms with Gasteiger partial charge in [0.2, 0.25) is 0 Å². The second-order valence-electron chi connectivity index (χ2n) is 3.37. The van der Waals surface area contributed by atoms with Crippen molar-refractivity contribution < 1.29 is 4.79 Å². The summed E-state index contributed by atoms with van der Waals surface area (Å²) in [6.45, 7) is 0. The lowest BCUT2D eigenvalue weighted by Crippen LogP contribution is -1.95. The summed E-state index contributed by atoms with van der Waals surface area (Å²) in [4.78, 5) is 16.6. The SMILES string of the molecule is O=C(CC=Nc1ccccc1Cl)c1cccs1. The van der Waals surface area contributed by atoms with Crippen LogP contribution in [0.4, 0.5) is 5.69 Å². The third kappa shape index (κ3) is 3.25. The number of nitrogens with zero attached hydrogens (tertiary/aromatic N) is 1. The number of carbonyl (C=O) groups excluding carboxylic acids is 1. The summed E-state index contributed by atoms with van der Waals surface area (Å²) in [5.74, 6) is 0.0794. The molecule has 0 saturated heterocycles. The van der Waals surface area contributed by atoms with E-state index in [4.69, 9.17) is 11.6 Å². The average Bonchev–Trinajstić information content (AvgIpc) is 2.85. The standard InChI is InChI=1S/C13H10ClNOS/c14-10-4-1-2-5-11(10)15-8-7-12(16)13-6-3-9-17-13/h1-6,8-9H,7H2. The predicted molar refractivity (Wildman–Crippen MR) is 72.9 cm³/mol. The lowest BCUT2D eigenvalue weighted by Gasteiger charge is -1.96. The van der Waals surface area contributed by atoms with Crippen LogP contribution in [0.2, 0.25) is 5.02 Å². The van der Waals surface area contributed by atoms with Gasteiger partial charge in [-0.05, 0) is 23.6 Å². The van der Waals surface area contributed by atoms with Gasteiger partial charge in [0.15, 0.2) is 5.78 Å². The van der Waals surface area contributed by atoms with Gasteiger partial charge in [0.1, 0.15) is 0 Å². The van der Waals surface area contributed by atoms with Crippen LogP contribution in [0.15, 0.2) is 46.8 Å². The zero-order valence-corrected chi connectivity index (χ0v) is 10.5. The van der Waals surface area contributed by atoms with Crippen LogP contribution in [-0.4, -0.2) is 12.0 Å². The number of hydrogen-bond donors (Lipinski definition) is 0. The molecule has 4 heteroatoms. The van der Waals surface area contributed by atoms with E-state index in [1.165, 1.54) is 11.3 Å². The van der Waals surface area contributed by atoms with E-state index in [-0.39, 0.29) is 5.78 Å². The second-order valence-corrected chi connectivity index (χ2v) is 4.72. The van der Waals surface area contributed by atoms with Crippen LogP contribution in [0.5, 0.6) is 0 Å². The van der Waals surface area contributed by atoms with E-state index in [0.29, 0.717) is 17.1 Å². The van der Waals surface area contributed by atoms with Crippen molar-refractivity contribution in [2.75, 3.05) is 0 Å². The highest BCUT2D eigenvalue weighted by Crippen LogP contribution is 2.23. The Bertz CT molecular complexity index is 534. The van der Waals surface area contributed by atoms with Gasteiger partial charge in [0, 0.05) is 12.6 Å². The lowest BCUT2D eigenvalue weighted by atomic mass is 10.2. The van der Waals surface area contributed by atoms with Crippen LogP contribution < -0.4 is 0 Å². The van der Waals surface area contributed by atoms with Gasteiger partial charge in [-0.2, -0.15) is 0 Å². The molecule has 0 aliphatic carbocycles. The fourth-order valence-corrected chi connectivity index (χ4v) is 2.18. The van der Waals surface area contributed by atoms with E-state index in [1.54, 1.807) is 12.3 Å². The lowest BCUT2D eigenvalue weighted by molar-refractivity contribution is 0.101. The minimum atomic E-state index is 0.0794. The molecule has 2 aromatic rings. The summed E-state index contributed by atoms with van der Waals surface area (Å²) in [5.41, 5.74) is 0.688. The van der Waals surface area contributed by atoms with Gasteiger partial charge in [-0.15, -0.1) is 11.3 Å². The maximum atomic E-state index is 11.7. The number of hydrogen-bond acceptors (Lipinski definition) is 3. The smallest absolute Gasteiger partial charge is 0.178 e. The molecule has 1 heterocycles. The second kappa shape index (κ2) is 5.75. The Balaban J connectivity index is 1.99. The van der Waals surface area contributed by atoms with Gasteiger partial charge in [-0.25, -0.2) is 0 Å². The zero-order valence-electron chi connectivity index (χ0n) is 8.97. The summed E-state index contributed by atoms with van der Waals surface area (Å²) in [6.07, 6.45) is 1.90. The maximum Gasteiger partial charge on any atom is 0.178 e. The van der Waals surface area contributed by atoms with Crippen LogP contribution in [0, 0.1) is 0 Å². The Morgan fingerprint density at radius 1 is 1.29 bits per heavy atom. The van der Waals surface area contributed by atoms with Crippen molar-refractivity contribution in [3.05, 3.63) is 51.7 Å². The molecular weight excluding hydrogens is 254 g/mol. The summed E-state index contributed by atoms with van der Waals surface area (Å²) in [6, 6.07) is 11.0. The van der Waals surface area contributed by atoms with E-state index in [0.717, 1.165) is 4.88 Å². The first-order valence-corrected chi connectivity index (χ1v) is 6.37. The van der Waals surface area contributed by atoms with Gasteiger partial charge in [0.25, 0.3) is 0 Å². The zero-order chi connectivity index (χ0) is 12.1. The van der Waals surface area contributed by atoms with E-state index in [9.17, 15) is 4.79 Å². The monoisotopic (exact) mass is 263 g/mol. The van der Waals surface area contributed by atoms with Crippen LogP contribution >= 0.6 is 22.9 Å². The number of thiophene rings is 1. The van der Waals surface area contributed by atoms with Gasteiger partial charge in [-0.1, -0.05) is 29.8 Å². The van der Waals surface area contributed by atoms with Crippen molar-refractivity contribution in [3.63, 3.8) is 0 Å². The molecule has 86 valence electrons. The normalized spacial score (nSPS) is 10.9. The van der Waals surface area contributed by atoms with Crippen molar-refractivity contribution in [3.8, 4) is 0 Å². The predicted octanol–water partition coefficient (Wildman–Crippen LogP) is 4.38. The third-order valence-corrected chi connectivity index (χ3v) is 3.39. The summed E-state index contributed by atoms with van der Waals surface area (Å²) in [5, 5.41) is 2.48. The molecule has 2 nitrogen and oxygen atoms in total. The molecule has 0 saturated carbocycles. The fraction of sp³-hybridized carbons (Fsp3) is 0.0769. The molecule has 0 spiro atoms. The highest BCUT2D eigenvalue weighted by Gasteiger charge is 2.04. The van der Waals surface area contributed by atoms with Crippen molar-refractivity contribution in [2.24, 2.45) is 4.99 Å². The quantitative estimate of drug-likeness (QED) is 0.595. The summed E-state index contributed by atoms with van der Waals surface area (Å²) in [7, 11) is 0. The van der Waals surface area contributed by atoms with Crippen LogP contribution in [0.1, 0.15) is 16.1 Å². The van der Waals surface area contributed by atoms with Crippen LogP contribution in [0.3, 0.4) is 0 Å². The number of aliphatic imine (C=N–C) groups is 1. The number of carbonyl (C=O) groups is 1. The number of rotatable bonds is 4. The summed E-state index contributed by atoms with van der Waals surface area (Å²) >= 11 is 7.39. The Hall–Kier alpha value is -1.45. The van der Waals surface area contributed by atoms with Gasteiger partial charge in [-0.3, -0.25) is 9.79 Å². The number of para-hydroxylation sites is 1. The molecule has 0 aliphatic heterocycles. The number of ketones is 1. The van der Waals surface area contributed by atoms with Crippen molar-refractivity contribution in [1.82, 2.24) is 0 Å². The van der Waals surface area contributed by atoms with Crippen molar-refractivity contribution in [2.45, 2.75) is 6.42 Å². The first-order chi connectivity index (χ1) is 8.27. The van der Waals surface area contributed by atoms with Gasteiger partial charge in [0.05, 0.1) is 15.6 Å². The molecular formula is C13H10ClNOS. The van der Waals surface area contributed by atoms with Crippen molar-refractivity contribution >= 4 is 40.6 Å². The molecule has 0 amide bonds. The molecule has 1 aromatic carbocycles. The van der Waals surface area contributed by atoms with E-state index in [1.807, 2.05) is 35.7 Å². The van der Waals surface area contributed by atoms with E-state index < -0.39 is 0 Å². The molecule has 0 fully saturated rings. The molecule has 2 rings (SSSR count). The molecule has 0 atom stereocenters. The molecule has 0 aliphatic rings. The first-order valence-electron chi connectivity index (χ1n) is 5.11. The fourth-order valence-electron chi connectivity index (χ4n) is 1.32. The Kier molecular flexibility index (Phi) is 4.07. The van der Waals surface area contributed by atoms with Crippen LogP contribution in [-0.2, 0) is 0 Å². The van der Waals surface area contributed by atoms with Gasteiger partial charge < -0.3 is 0 Å². The molecule has 17 heavy (non-hydrogen) atoms. The summed E-state index contributed by atoms with van der Waals surface area (Å²) < 4.78 is 0. The molecule has 0 radical (unpaired) electrons. The van der Waals surface area contributed by atoms with E-state index >= 15 is 0 Å². The number of benzene rings is 1.